The Bertz CT molecular complexity index is 1200. The standard InChI is InChI=1S/C27H28ClN3O2S/c1-30-13-11-18-7-8-21(15-20(18)12-14-30)27(33)31-16-22(19-5-3-2-4-6-19)23(17-31)29-26(32)24-9-10-25(28)34-24/h2-10,15,22-23H,11-14,16-17H2,1H3,(H,29,32). The summed E-state index contributed by atoms with van der Waals surface area (Å²) < 4.78 is 0.586. The van der Waals surface area contributed by atoms with Gasteiger partial charge in [-0.2, -0.15) is 0 Å². The maximum Gasteiger partial charge on any atom is 0.261 e. The van der Waals surface area contributed by atoms with Crippen LogP contribution in [0.5, 0.6) is 0 Å². The Morgan fingerprint density at radius 1 is 0.971 bits per heavy atom. The quantitative estimate of drug-likeness (QED) is 0.583. The molecule has 1 aromatic heterocycles. The number of likely N-dealkylation sites (N-methyl/N-ethyl adjacent to an activating group) is 1. The zero-order valence-electron chi connectivity index (χ0n) is 19.2. The van der Waals surface area contributed by atoms with Crippen molar-refractivity contribution in [1.29, 1.82) is 0 Å². The number of carbonyl (C=O) groups is 2. The van der Waals surface area contributed by atoms with Gasteiger partial charge in [0.05, 0.1) is 15.3 Å². The number of nitrogens with zero attached hydrogens (tertiary/aromatic N) is 2. The molecule has 5 nitrogen and oxygen atoms in total. The van der Waals surface area contributed by atoms with Gasteiger partial charge in [-0.1, -0.05) is 48.0 Å². The minimum absolute atomic E-state index is 0.0252. The van der Waals surface area contributed by atoms with Crippen LogP contribution in [0.3, 0.4) is 0 Å². The fourth-order valence-electron chi connectivity index (χ4n) is 4.98. The molecule has 3 aromatic rings. The molecular weight excluding hydrogens is 466 g/mol. The summed E-state index contributed by atoms with van der Waals surface area (Å²) >= 11 is 7.29. The van der Waals surface area contributed by atoms with Gasteiger partial charge >= 0.3 is 0 Å². The lowest BCUT2D eigenvalue weighted by Crippen LogP contribution is -2.40. The zero-order chi connectivity index (χ0) is 23.7. The van der Waals surface area contributed by atoms with Gasteiger partial charge in [0.1, 0.15) is 0 Å². The first-order valence-electron chi connectivity index (χ1n) is 11.7. The van der Waals surface area contributed by atoms with Crippen molar-refractivity contribution in [3.05, 3.63) is 92.1 Å². The third kappa shape index (κ3) is 4.90. The second kappa shape index (κ2) is 9.90. The maximum absolute atomic E-state index is 13.6. The minimum atomic E-state index is -0.172. The van der Waals surface area contributed by atoms with Crippen molar-refractivity contribution in [2.45, 2.75) is 24.8 Å². The van der Waals surface area contributed by atoms with Crippen LogP contribution in [-0.2, 0) is 12.8 Å². The average Bonchev–Trinajstić information content (AvgIpc) is 3.43. The zero-order valence-corrected chi connectivity index (χ0v) is 20.7. The average molecular weight is 494 g/mol. The SMILES string of the molecule is CN1CCc2ccc(C(=O)N3CC(NC(=O)c4ccc(Cl)s4)C(c4ccccc4)C3)cc2CC1. The third-order valence-electron chi connectivity index (χ3n) is 6.93. The lowest BCUT2D eigenvalue weighted by Gasteiger charge is -2.19. The minimum Gasteiger partial charge on any atom is -0.346 e. The number of fused-ring (bicyclic) bond motifs is 1. The van der Waals surface area contributed by atoms with Crippen molar-refractivity contribution in [2.24, 2.45) is 0 Å². The molecule has 0 radical (unpaired) electrons. The van der Waals surface area contributed by atoms with Gasteiger partial charge in [-0.05, 0) is 60.8 Å². The number of benzene rings is 2. The van der Waals surface area contributed by atoms with Crippen LogP contribution in [0, 0.1) is 0 Å². The van der Waals surface area contributed by atoms with E-state index in [-0.39, 0.29) is 23.8 Å². The molecule has 1 N–H and O–H groups in total. The van der Waals surface area contributed by atoms with Gasteiger partial charge in [0.25, 0.3) is 11.8 Å². The normalized spacial score (nSPS) is 20.6. The van der Waals surface area contributed by atoms with Crippen LogP contribution in [0.4, 0.5) is 0 Å². The van der Waals surface area contributed by atoms with E-state index >= 15 is 0 Å². The molecule has 2 aliphatic heterocycles. The van der Waals surface area contributed by atoms with Crippen molar-refractivity contribution in [3.8, 4) is 0 Å². The molecule has 0 bridgehead atoms. The van der Waals surface area contributed by atoms with Gasteiger partial charge in [0.2, 0.25) is 0 Å². The summed E-state index contributed by atoms with van der Waals surface area (Å²) in [5.41, 5.74) is 4.46. The lowest BCUT2D eigenvalue weighted by molar-refractivity contribution is 0.0782. The Morgan fingerprint density at radius 3 is 2.47 bits per heavy atom. The van der Waals surface area contributed by atoms with Gasteiger partial charge in [0.15, 0.2) is 0 Å². The predicted molar refractivity (Wildman–Crippen MR) is 137 cm³/mol. The summed E-state index contributed by atoms with van der Waals surface area (Å²) in [6.07, 6.45) is 1.97. The second-order valence-electron chi connectivity index (χ2n) is 9.20. The Labute approximate surface area is 209 Å². The molecule has 34 heavy (non-hydrogen) atoms. The highest BCUT2D eigenvalue weighted by Crippen LogP contribution is 2.30. The Hall–Kier alpha value is -2.67. The van der Waals surface area contributed by atoms with Crippen molar-refractivity contribution in [3.63, 3.8) is 0 Å². The topological polar surface area (TPSA) is 52.7 Å². The molecule has 0 saturated carbocycles. The van der Waals surface area contributed by atoms with Crippen LogP contribution < -0.4 is 5.32 Å². The second-order valence-corrected chi connectivity index (χ2v) is 10.9. The van der Waals surface area contributed by atoms with Crippen LogP contribution in [0.1, 0.15) is 42.6 Å². The maximum atomic E-state index is 13.6. The molecule has 7 heteroatoms. The van der Waals surface area contributed by atoms with Crippen LogP contribution >= 0.6 is 22.9 Å². The molecular formula is C27H28ClN3O2S. The highest BCUT2D eigenvalue weighted by atomic mass is 35.5. The predicted octanol–water partition coefficient (Wildman–Crippen LogP) is 4.47. The van der Waals surface area contributed by atoms with E-state index in [2.05, 4.69) is 41.5 Å². The monoisotopic (exact) mass is 493 g/mol. The highest BCUT2D eigenvalue weighted by molar-refractivity contribution is 7.18. The van der Waals surface area contributed by atoms with Gasteiger partial charge < -0.3 is 15.1 Å². The van der Waals surface area contributed by atoms with Gasteiger partial charge in [-0.3, -0.25) is 9.59 Å². The summed E-state index contributed by atoms with van der Waals surface area (Å²) in [4.78, 5) is 31.2. The lowest BCUT2D eigenvalue weighted by atomic mass is 9.94. The molecule has 5 rings (SSSR count). The summed E-state index contributed by atoms with van der Waals surface area (Å²) in [6, 6.07) is 19.6. The molecule has 176 valence electrons. The molecule has 1 fully saturated rings. The van der Waals surface area contributed by atoms with Crippen molar-refractivity contribution >= 4 is 34.8 Å². The van der Waals surface area contributed by atoms with Crippen LogP contribution in [-0.4, -0.2) is 60.9 Å². The van der Waals surface area contributed by atoms with Gasteiger partial charge in [-0.25, -0.2) is 0 Å². The number of likely N-dealkylation sites (tertiary alicyclic amines) is 1. The number of amides is 2. The first-order chi connectivity index (χ1) is 16.5. The van der Waals surface area contributed by atoms with Crippen LogP contribution in [0.25, 0.3) is 0 Å². The molecule has 0 aliphatic carbocycles. The summed E-state index contributed by atoms with van der Waals surface area (Å²) in [7, 11) is 2.14. The molecule has 2 unspecified atom stereocenters. The van der Waals surface area contributed by atoms with Crippen LogP contribution in [0.15, 0.2) is 60.7 Å². The molecule has 2 aromatic carbocycles. The van der Waals surface area contributed by atoms with Crippen LogP contribution in [0.2, 0.25) is 4.34 Å². The van der Waals surface area contributed by atoms with Crippen molar-refractivity contribution in [2.75, 3.05) is 33.2 Å². The fourth-order valence-corrected chi connectivity index (χ4v) is 5.93. The van der Waals surface area contributed by atoms with Crippen molar-refractivity contribution in [1.82, 2.24) is 15.1 Å². The smallest absolute Gasteiger partial charge is 0.261 e. The van der Waals surface area contributed by atoms with E-state index < -0.39 is 0 Å². The van der Waals surface area contributed by atoms with Gasteiger partial charge in [-0.15, -0.1) is 11.3 Å². The van der Waals surface area contributed by atoms with E-state index in [0.717, 1.165) is 37.1 Å². The highest BCUT2D eigenvalue weighted by Gasteiger charge is 2.37. The van der Waals surface area contributed by atoms with E-state index in [9.17, 15) is 9.59 Å². The van der Waals surface area contributed by atoms with E-state index in [1.807, 2.05) is 29.2 Å². The Morgan fingerprint density at radius 2 is 1.74 bits per heavy atom. The molecule has 3 heterocycles. The summed E-state index contributed by atoms with van der Waals surface area (Å²) in [5, 5.41) is 3.17. The first-order valence-corrected chi connectivity index (χ1v) is 12.9. The van der Waals surface area contributed by atoms with E-state index in [0.29, 0.717) is 22.3 Å². The van der Waals surface area contributed by atoms with E-state index in [1.165, 1.54) is 22.5 Å². The number of rotatable bonds is 4. The Balaban J connectivity index is 1.37. The fraction of sp³-hybridized carbons (Fsp3) is 0.333. The van der Waals surface area contributed by atoms with Gasteiger partial charge in [0, 0.05) is 37.7 Å². The Kier molecular flexibility index (Phi) is 6.73. The molecule has 1 saturated heterocycles. The molecule has 2 amide bonds. The summed E-state index contributed by atoms with van der Waals surface area (Å²) in [6.45, 7) is 3.09. The largest absolute Gasteiger partial charge is 0.346 e. The summed E-state index contributed by atoms with van der Waals surface area (Å²) in [5.74, 6) is -0.0949. The molecule has 2 atom stereocenters. The first kappa shape index (κ1) is 23.1. The number of halogens is 1. The molecule has 0 spiro atoms. The number of nitrogens with one attached hydrogen (secondary N) is 1. The molecule has 2 aliphatic rings. The van der Waals surface area contributed by atoms with Crippen molar-refractivity contribution < 1.29 is 9.59 Å². The number of hydrogen-bond acceptors (Lipinski definition) is 4. The third-order valence-corrected chi connectivity index (χ3v) is 8.16. The van der Waals surface area contributed by atoms with E-state index in [4.69, 9.17) is 11.6 Å². The number of carbonyl (C=O) groups excluding carboxylic acids is 2. The number of hydrogen-bond donors (Lipinski definition) is 1. The number of thiophene rings is 1. The van der Waals surface area contributed by atoms with E-state index in [1.54, 1.807) is 12.1 Å².